The van der Waals surface area contributed by atoms with Gasteiger partial charge in [-0.15, -0.1) is 24.0 Å². The van der Waals surface area contributed by atoms with Gasteiger partial charge in [0.1, 0.15) is 0 Å². The van der Waals surface area contributed by atoms with Crippen molar-refractivity contribution in [1.82, 2.24) is 15.1 Å². The van der Waals surface area contributed by atoms with E-state index < -0.39 is 0 Å². The molecule has 0 aromatic rings. The number of hydrogen-bond donors (Lipinski definition) is 2. The van der Waals surface area contributed by atoms with Crippen LogP contribution in [0.4, 0.5) is 0 Å². The van der Waals surface area contributed by atoms with E-state index in [-0.39, 0.29) is 41.3 Å². The number of nitrogens with zero attached hydrogens (tertiary/aromatic N) is 3. The lowest BCUT2D eigenvalue weighted by molar-refractivity contribution is -0.123. The Hall–Kier alpha value is -0.570. The molecule has 7 heteroatoms. The van der Waals surface area contributed by atoms with Gasteiger partial charge in [0.05, 0.1) is 0 Å². The molecule has 0 saturated carbocycles. The summed E-state index contributed by atoms with van der Waals surface area (Å²) < 4.78 is 0. The predicted octanol–water partition coefficient (Wildman–Crippen LogP) is 2.28. The minimum atomic E-state index is -0.132. The molecule has 152 valence electrons. The van der Waals surface area contributed by atoms with Gasteiger partial charge in [-0.3, -0.25) is 9.79 Å². The summed E-state index contributed by atoms with van der Waals surface area (Å²) in [4.78, 5) is 20.5. The molecule has 2 aliphatic rings. The lowest BCUT2D eigenvalue weighted by Gasteiger charge is -2.62. The zero-order valence-electron chi connectivity index (χ0n) is 17.2. The van der Waals surface area contributed by atoms with Crippen LogP contribution in [0.15, 0.2) is 4.99 Å². The molecule has 2 fully saturated rings. The number of nitrogens with one attached hydrogen (secondary N) is 1. The van der Waals surface area contributed by atoms with Gasteiger partial charge < -0.3 is 20.9 Å². The van der Waals surface area contributed by atoms with Gasteiger partial charge >= 0.3 is 0 Å². The molecule has 0 bridgehead atoms. The first-order valence-electron chi connectivity index (χ1n) is 9.69. The van der Waals surface area contributed by atoms with Crippen molar-refractivity contribution in [2.75, 3.05) is 39.8 Å². The molecule has 2 heterocycles. The monoisotopic (exact) mass is 479 g/mol. The van der Waals surface area contributed by atoms with E-state index in [1.807, 2.05) is 7.05 Å². The third kappa shape index (κ3) is 5.24. The molecule has 2 rings (SSSR count). The molecule has 2 aliphatic heterocycles. The fourth-order valence-corrected chi connectivity index (χ4v) is 3.80. The Bertz CT molecular complexity index is 498. The van der Waals surface area contributed by atoms with Crippen LogP contribution in [-0.4, -0.2) is 67.0 Å². The van der Waals surface area contributed by atoms with Crippen LogP contribution in [0.2, 0.25) is 0 Å². The fraction of sp³-hybridized carbons (Fsp3) is 0.895. The van der Waals surface area contributed by atoms with Gasteiger partial charge in [-0.1, -0.05) is 13.8 Å². The highest BCUT2D eigenvalue weighted by molar-refractivity contribution is 14.0. The zero-order valence-corrected chi connectivity index (χ0v) is 19.5. The third-order valence-electron chi connectivity index (χ3n) is 6.53. The minimum absolute atomic E-state index is 0. The van der Waals surface area contributed by atoms with Gasteiger partial charge in [-0.2, -0.15) is 0 Å². The van der Waals surface area contributed by atoms with Crippen molar-refractivity contribution in [3.05, 3.63) is 0 Å². The Kier molecular flexibility index (Phi) is 8.64. The number of likely N-dealkylation sites (tertiary alicyclic amines) is 2. The maximum Gasteiger partial charge on any atom is 0.220 e. The molecule has 0 radical (unpaired) electrons. The second kappa shape index (κ2) is 9.57. The molecule has 0 aromatic carbocycles. The summed E-state index contributed by atoms with van der Waals surface area (Å²) in [5, 5.41) is 3.52. The quantitative estimate of drug-likeness (QED) is 0.265. The first-order valence-corrected chi connectivity index (χ1v) is 9.69. The highest BCUT2D eigenvalue weighted by atomic mass is 127. The van der Waals surface area contributed by atoms with Crippen LogP contribution >= 0.6 is 24.0 Å². The zero-order chi connectivity index (χ0) is 18.7. The van der Waals surface area contributed by atoms with Crippen LogP contribution in [-0.2, 0) is 4.79 Å². The van der Waals surface area contributed by atoms with Crippen molar-refractivity contribution in [1.29, 1.82) is 0 Å². The number of aliphatic imine (C=N–C) groups is 1. The first-order chi connectivity index (χ1) is 11.7. The summed E-state index contributed by atoms with van der Waals surface area (Å²) >= 11 is 0. The number of nitrogens with two attached hydrogens (primary N) is 1. The highest BCUT2D eigenvalue weighted by Gasteiger charge is 2.53. The summed E-state index contributed by atoms with van der Waals surface area (Å²) in [5.74, 6) is 0.976. The van der Waals surface area contributed by atoms with Crippen LogP contribution < -0.4 is 11.1 Å². The van der Waals surface area contributed by atoms with Crippen LogP contribution in [0, 0.1) is 11.3 Å². The number of halogens is 1. The van der Waals surface area contributed by atoms with Gasteiger partial charge in [0.15, 0.2) is 5.96 Å². The summed E-state index contributed by atoms with van der Waals surface area (Å²) in [7, 11) is 1.87. The van der Waals surface area contributed by atoms with Gasteiger partial charge in [0, 0.05) is 37.0 Å². The Morgan fingerprint density at radius 3 is 2.27 bits per heavy atom. The molecule has 0 spiro atoms. The molecule has 1 amide bonds. The number of carbonyl (C=O) groups is 1. The summed E-state index contributed by atoms with van der Waals surface area (Å²) in [5.41, 5.74) is 5.85. The molecule has 6 nitrogen and oxygen atoms in total. The van der Waals surface area contributed by atoms with E-state index in [0.29, 0.717) is 5.41 Å². The SMILES string of the molecule is CN=C(NCCCCN1CCC(C(N)=O)CC1)N1CC(C)(C)C1(C)C.I. The molecule has 3 N–H and O–H groups in total. The van der Waals surface area contributed by atoms with Crippen molar-refractivity contribution in [2.24, 2.45) is 22.1 Å². The Balaban J connectivity index is 0.00000338. The standard InChI is InChI=1S/C19H37N5O.HI/c1-18(2)14-24(19(18,3)4)17(21-5)22-10-6-7-11-23-12-8-15(9-13-23)16(20)25;/h15H,6-14H2,1-5H3,(H2,20,25)(H,21,22);1H. The summed E-state index contributed by atoms with van der Waals surface area (Å²) in [6.45, 7) is 14.3. The number of carbonyl (C=O) groups excluding carboxylic acids is 1. The maximum absolute atomic E-state index is 11.2. The van der Waals surface area contributed by atoms with E-state index in [2.05, 4.69) is 47.8 Å². The lowest BCUT2D eigenvalue weighted by Crippen LogP contribution is -2.72. The number of guanidine groups is 1. The number of rotatable bonds is 6. The van der Waals surface area contributed by atoms with Crippen LogP contribution in [0.25, 0.3) is 0 Å². The molecule has 0 aromatic heterocycles. The number of unbranched alkanes of at least 4 members (excludes halogenated alkanes) is 1. The largest absolute Gasteiger partial charge is 0.369 e. The molecule has 0 aliphatic carbocycles. The van der Waals surface area contributed by atoms with Crippen molar-refractivity contribution in [2.45, 2.75) is 58.9 Å². The number of hydrogen-bond acceptors (Lipinski definition) is 3. The Labute approximate surface area is 176 Å². The second-order valence-electron chi connectivity index (χ2n) is 8.73. The molecule has 0 atom stereocenters. The fourth-order valence-electron chi connectivity index (χ4n) is 3.80. The van der Waals surface area contributed by atoms with Gasteiger partial charge in [-0.25, -0.2) is 0 Å². The predicted molar refractivity (Wildman–Crippen MR) is 119 cm³/mol. The van der Waals surface area contributed by atoms with Crippen molar-refractivity contribution >= 4 is 35.8 Å². The van der Waals surface area contributed by atoms with Gasteiger partial charge in [0.25, 0.3) is 0 Å². The minimum Gasteiger partial charge on any atom is -0.369 e. The van der Waals surface area contributed by atoms with Crippen LogP contribution in [0.1, 0.15) is 53.4 Å². The number of piperidine rings is 1. The molecular formula is C19H38IN5O. The first kappa shape index (κ1) is 23.5. The Morgan fingerprint density at radius 2 is 1.81 bits per heavy atom. The van der Waals surface area contributed by atoms with Crippen LogP contribution in [0.5, 0.6) is 0 Å². The van der Waals surface area contributed by atoms with Crippen molar-refractivity contribution in [3.63, 3.8) is 0 Å². The molecular weight excluding hydrogens is 441 g/mol. The molecule has 26 heavy (non-hydrogen) atoms. The maximum atomic E-state index is 11.2. The number of amides is 1. The topological polar surface area (TPSA) is 74.0 Å². The van der Waals surface area contributed by atoms with E-state index in [9.17, 15) is 4.79 Å². The summed E-state index contributed by atoms with van der Waals surface area (Å²) in [6, 6.07) is 0. The van der Waals surface area contributed by atoms with E-state index in [4.69, 9.17) is 5.73 Å². The number of primary amides is 1. The highest BCUT2D eigenvalue weighted by Crippen LogP contribution is 2.46. The van der Waals surface area contributed by atoms with Gasteiger partial charge in [-0.05, 0) is 59.2 Å². The van der Waals surface area contributed by atoms with Crippen molar-refractivity contribution < 1.29 is 4.79 Å². The normalized spacial score (nSPS) is 23.1. The van der Waals surface area contributed by atoms with E-state index in [1.165, 1.54) is 6.42 Å². The lowest BCUT2D eigenvalue weighted by atomic mass is 9.65. The average molecular weight is 479 g/mol. The van der Waals surface area contributed by atoms with Crippen LogP contribution in [0.3, 0.4) is 0 Å². The summed E-state index contributed by atoms with van der Waals surface area (Å²) in [6.07, 6.45) is 4.13. The van der Waals surface area contributed by atoms with E-state index in [1.54, 1.807) is 0 Å². The van der Waals surface area contributed by atoms with Crippen molar-refractivity contribution in [3.8, 4) is 0 Å². The Morgan fingerprint density at radius 1 is 1.19 bits per heavy atom. The van der Waals surface area contributed by atoms with Gasteiger partial charge in [0.2, 0.25) is 5.91 Å². The average Bonchev–Trinajstić information content (AvgIpc) is 2.57. The smallest absolute Gasteiger partial charge is 0.220 e. The molecule has 0 unspecified atom stereocenters. The second-order valence-corrected chi connectivity index (χ2v) is 8.73. The van der Waals surface area contributed by atoms with E-state index >= 15 is 0 Å². The molecule has 2 saturated heterocycles. The van der Waals surface area contributed by atoms with E-state index in [0.717, 1.165) is 57.9 Å². The third-order valence-corrected chi connectivity index (χ3v) is 6.53.